The number of aryl methyl sites for hydroxylation is 1. The van der Waals surface area contributed by atoms with Gasteiger partial charge in [-0.1, -0.05) is 18.2 Å². The first-order chi connectivity index (χ1) is 6.54. The molecule has 1 N–H and O–H groups in total. The monoisotopic (exact) mass is 193 g/mol. The zero-order valence-electron chi connectivity index (χ0n) is 8.69. The second kappa shape index (κ2) is 4.13. The molecule has 0 amide bonds. The van der Waals surface area contributed by atoms with E-state index < -0.39 is 12.0 Å². The second-order valence-electron chi connectivity index (χ2n) is 3.41. The van der Waals surface area contributed by atoms with Crippen molar-refractivity contribution in [2.24, 2.45) is 0 Å². The molecule has 0 bridgehead atoms. The van der Waals surface area contributed by atoms with Gasteiger partial charge in [-0.05, 0) is 25.5 Å². The van der Waals surface area contributed by atoms with Crippen molar-refractivity contribution in [3.8, 4) is 0 Å². The molecular weight excluding hydrogens is 178 g/mol. The van der Waals surface area contributed by atoms with E-state index in [4.69, 9.17) is 5.11 Å². The highest BCUT2D eigenvalue weighted by Gasteiger charge is 2.17. The number of para-hydroxylation sites is 1. The molecular formula is C11H15NO2. The predicted molar refractivity (Wildman–Crippen MR) is 56.7 cm³/mol. The summed E-state index contributed by atoms with van der Waals surface area (Å²) in [5.74, 6) is -0.809. The Morgan fingerprint density at radius 1 is 1.43 bits per heavy atom. The molecule has 1 aromatic rings. The van der Waals surface area contributed by atoms with E-state index in [0.717, 1.165) is 11.3 Å². The van der Waals surface area contributed by atoms with Crippen LogP contribution >= 0.6 is 0 Å². The first-order valence-electron chi connectivity index (χ1n) is 4.55. The van der Waals surface area contributed by atoms with Crippen molar-refractivity contribution in [3.05, 3.63) is 29.8 Å². The average Bonchev–Trinajstić information content (AvgIpc) is 2.16. The van der Waals surface area contributed by atoms with E-state index in [1.807, 2.05) is 31.2 Å². The van der Waals surface area contributed by atoms with Crippen LogP contribution in [0.15, 0.2) is 24.3 Å². The van der Waals surface area contributed by atoms with E-state index in [-0.39, 0.29) is 0 Å². The minimum Gasteiger partial charge on any atom is -0.480 e. The molecule has 0 aliphatic heterocycles. The first-order valence-corrected chi connectivity index (χ1v) is 4.55. The number of hydrogen-bond donors (Lipinski definition) is 1. The van der Waals surface area contributed by atoms with Crippen LogP contribution in [-0.4, -0.2) is 24.2 Å². The van der Waals surface area contributed by atoms with E-state index in [1.165, 1.54) is 0 Å². The van der Waals surface area contributed by atoms with Gasteiger partial charge in [0.25, 0.3) is 0 Å². The molecule has 0 saturated carbocycles. The predicted octanol–water partition coefficient (Wildman–Crippen LogP) is 1.90. The lowest BCUT2D eigenvalue weighted by atomic mass is 10.1. The first kappa shape index (κ1) is 10.6. The highest BCUT2D eigenvalue weighted by atomic mass is 16.4. The Kier molecular flexibility index (Phi) is 3.12. The minimum absolute atomic E-state index is 0.504. The van der Waals surface area contributed by atoms with E-state index in [9.17, 15) is 4.79 Å². The van der Waals surface area contributed by atoms with E-state index in [0.29, 0.717) is 0 Å². The van der Waals surface area contributed by atoms with Crippen LogP contribution in [0.4, 0.5) is 5.69 Å². The maximum Gasteiger partial charge on any atom is 0.326 e. The Morgan fingerprint density at radius 3 is 2.50 bits per heavy atom. The van der Waals surface area contributed by atoms with Crippen molar-refractivity contribution in [1.82, 2.24) is 0 Å². The number of benzene rings is 1. The zero-order valence-corrected chi connectivity index (χ0v) is 8.69. The molecule has 0 aliphatic carbocycles. The molecule has 1 unspecified atom stereocenters. The molecule has 0 radical (unpaired) electrons. The maximum atomic E-state index is 10.8. The summed E-state index contributed by atoms with van der Waals surface area (Å²) in [6.07, 6.45) is 0. The van der Waals surface area contributed by atoms with Crippen molar-refractivity contribution in [1.29, 1.82) is 0 Å². The van der Waals surface area contributed by atoms with Crippen LogP contribution in [0.3, 0.4) is 0 Å². The normalized spacial score (nSPS) is 12.2. The number of anilines is 1. The molecule has 3 nitrogen and oxygen atoms in total. The molecule has 0 aromatic heterocycles. The van der Waals surface area contributed by atoms with Gasteiger partial charge < -0.3 is 10.0 Å². The molecule has 76 valence electrons. The quantitative estimate of drug-likeness (QED) is 0.797. The van der Waals surface area contributed by atoms with Crippen LogP contribution in [0.1, 0.15) is 12.5 Å². The lowest BCUT2D eigenvalue weighted by Crippen LogP contribution is -2.36. The van der Waals surface area contributed by atoms with Crippen molar-refractivity contribution in [2.75, 3.05) is 11.9 Å². The molecule has 14 heavy (non-hydrogen) atoms. The van der Waals surface area contributed by atoms with Gasteiger partial charge in [0.05, 0.1) is 0 Å². The molecule has 0 saturated heterocycles. The zero-order chi connectivity index (χ0) is 10.7. The standard InChI is InChI=1S/C11H15NO2/c1-8-6-4-5-7-10(8)12(3)9(2)11(13)14/h4-7,9H,1-3H3,(H,13,14). The molecule has 0 aliphatic rings. The fourth-order valence-corrected chi connectivity index (χ4v) is 1.33. The third kappa shape index (κ3) is 2.05. The highest BCUT2D eigenvalue weighted by molar-refractivity contribution is 5.77. The Hall–Kier alpha value is -1.51. The molecule has 0 spiro atoms. The molecule has 1 rings (SSSR count). The SMILES string of the molecule is Cc1ccccc1N(C)C(C)C(=O)O. The van der Waals surface area contributed by atoms with Crippen LogP contribution in [-0.2, 0) is 4.79 Å². The molecule has 0 fully saturated rings. The van der Waals surface area contributed by atoms with Gasteiger partial charge in [0.1, 0.15) is 6.04 Å². The van der Waals surface area contributed by atoms with Crippen molar-refractivity contribution in [2.45, 2.75) is 19.9 Å². The summed E-state index contributed by atoms with van der Waals surface area (Å²) in [6, 6.07) is 7.25. The lowest BCUT2D eigenvalue weighted by Gasteiger charge is -2.25. The van der Waals surface area contributed by atoms with Gasteiger partial charge in [0.2, 0.25) is 0 Å². The third-order valence-corrected chi connectivity index (χ3v) is 2.43. The van der Waals surface area contributed by atoms with Crippen molar-refractivity contribution in [3.63, 3.8) is 0 Å². The van der Waals surface area contributed by atoms with Gasteiger partial charge in [-0.15, -0.1) is 0 Å². The molecule has 1 aromatic carbocycles. The van der Waals surface area contributed by atoms with Crippen LogP contribution in [0.2, 0.25) is 0 Å². The summed E-state index contributed by atoms with van der Waals surface area (Å²) < 4.78 is 0. The highest BCUT2D eigenvalue weighted by Crippen LogP contribution is 2.19. The van der Waals surface area contributed by atoms with Gasteiger partial charge in [-0.3, -0.25) is 0 Å². The van der Waals surface area contributed by atoms with E-state index in [2.05, 4.69) is 0 Å². The van der Waals surface area contributed by atoms with Crippen molar-refractivity contribution >= 4 is 11.7 Å². The fourth-order valence-electron chi connectivity index (χ4n) is 1.33. The molecule has 1 atom stereocenters. The van der Waals surface area contributed by atoms with Gasteiger partial charge in [-0.25, -0.2) is 4.79 Å². The maximum absolute atomic E-state index is 10.8. The number of hydrogen-bond acceptors (Lipinski definition) is 2. The van der Waals surface area contributed by atoms with E-state index >= 15 is 0 Å². The summed E-state index contributed by atoms with van der Waals surface area (Å²) in [5.41, 5.74) is 2.05. The Balaban J connectivity index is 2.94. The number of carboxylic acid groups (broad SMARTS) is 1. The second-order valence-corrected chi connectivity index (χ2v) is 3.41. The van der Waals surface area contributed by atoms with Crippen molar-refractivity contribution < 1.29 is 9.90 Å². The largest absolute Gasteiger partial charge is 0.480 e. The summed E-state index contributed by atoms with van der Waals surface area (Å²) in [5, 5.41) is 8.86. The number of nitrogens with zero attached hydrogens (tertiary/aromatic N) is 1. The average molecular weight is 193 g/mol. The van der Waals surface area contributed by atoms with Crippen LogP contribution < -0.4 is 4.90 Å². The Labute approximate surface area is 84.0 Å². The van der Waals surface area contributed by atoms with Gasteiger partial charge >= 0.3 is 5.97 Å². The lowest BCUT2D eigenvalue weighted by molar-refractivity contribution is -0.138. The summed E-state index contributed by atoms with van der Waals surface area (Å²) in [4.78, 5) is 12.5. The molecule has 0 heterocycles. The fraction of sp³-hybridized carbons (Fsp3) is 0.364. The van der Waals surface area contributed by atoms with Crippen LogP contribution in [0.5, 0.6) is 0 Å². The van der Waals surface area contributed by atoms with Gasteiger partial charge in [-0.2, -0.15) is 0 Å². The number of carboxylic acids is 1. The number of aliphatic carboxylic acids is 1. The summed E-state index contributed by atoms with van der Waals surface area (Å²) in [7, 11) is 1.79. The summed E-state index contributed by atoms with van der Waals surface area (Å²) in [6.45, 7) is 3.65. The van der Waals surface area contributed by atoms with Gasteiger partial charge in [0, 0.05) is 12.7 Å². The minimum atomic E-state index is -0.809. The number of rotatable bonds is 3. The Morgan fingerprint density at radius 2 is 2.00 bits per heavy atom. The number of carbonyl (C=O) groups is 1. The van der Waals surface area contributed by atoms with Gasteiger partial charge in [0.15, 0.2) is 0 Å². The number of likely N-dealkylation sites (N-methyl/N-ethyl adjacent to an activating group) is 1. The smallest absolute Gasteiger partial charge is 0.326 e. The van der Waals surface area contributed by atoms with Crippen LogP contribution in [0.25, 0.3) is 0 Å². The third-order valence-electron chi connectivity index (χ3n) is 2.43. The summed E-state index contributed by atoms with van der Waals surface area (Å²) >= 11 is 0. The topological polar surface area (TPSA) is 40.5 Å². The Bertz CT molecular complexity index is 336. The van der Waals surface area contributed by atoms with Crippen LogP contribution in [0, 0.1) is 6.92 Å². The van der Waals surface area contributed by atoms with E-state index in [1.54, 1.807) is 18.9 Å². The molecule has 3 heteroatoms.